The van der Waals surface area contributed by atoms with Gasteiger partial charge in [-0.05, 0) is 12.6 Å². The number of rotatable bonds is 4. The Labute approximate surface area is 147 Å². The van der Waals surface area contributed by atoms with Gasteiger partial charge in [0.25, 0.3) is 5.91 Å². The van der Waals surface area contributed by atoms with E-state index in [1.54, 1.807) is 17.0 Å². The number of nitrogens with zero attached hydrogens (tertiary/aromatic N) is 3. The van der Waals surface area contributed by atoms with Gasteiger partial charge in [0, 0.05) is 25.2 Å². The lowest BCUT2D eigenvalue weighted by Crippen LogP contribution is -2.60. The number of pyridine rings is 1. The predicted octanol–water partition coefficient (Wildman–Crippen LogP) is 0.0421. The largest absolute Gasteiger partial charge is 0.481 e. The van der Waals surface area contributed by atoms with E-state index in [4.69, 9.17) is 9.47 Å². The highest BCUT2D eigenvalue weighted by Gasteiger charge is 2.48. The molecule has 0 N–H and O–H groups in total. The van der Waals surface area contributed by atoms with Crippen LogP contribution in [0.25, 0.3) is 0 Å². The van der Waals surface area contributed by atoms with E-state index in [1.807, 2.05) is 6.92 Å². The maximum atomic E-state index is 13.1. The summed E-state index contributed by atoms with van der Waals surface area (Å²) in [5, 5.41) is 0. The Kier molecular flexibility index (Phi) is 4.88. The fourth-order valence-electron chi connectivity index (χ4n) is 3.68. The van der Waals surface area contributed by atoms with E-state index in [2.05, 4.69) is 9.88 Å². The summed E-state index contributed by atoms with van der Waals surface area (Å²) < 4.78 is 34.6. The first-order valence-electron chi connectivity index (χ1n) is 8.24. The van der Waals surface area contributed by atoms with Gasteiger partial charge >= 0.3 is 0 Å². The molecule has 0 saturated carbocycles. The van der Waals surface area contributed by atoms with Crippen LogP contribution >= 0.6 is 0 Å². The van der Waals surface area contributed by atoms with Crippen LogP contribution in [0.15, 0.2) is 12.1 Å². The van der Waals surface area contributed by atoms with Crippen LogP contribution in [0.1, 0.15) is 17.3 Å². The quantitative estimate of drug-likeness (QED) is 0.740. The molecule has 1 aromatic heterocycles. The van der Waals surface area contributed by atoms with Gasteiger partial charge in [-0.3, -0.25) is 9.69 Å². The molecule has 0 aromatic carbocycles. The summed E-state index contributed by atoms with van der Waals surface area (Å²) in [6.45, 7) is 3.92. The number of sulfone groups is 1. The second kappa shape index (κ2) is 6.80. The van der Waals surface area contributed by atoms with Crippen molar-refractivity contribution in [2.24, 2.45) is 0 Å². The number of ether oxygens (including phenoxy) is 2. The van der Waals surface area contributed by atoms with Crippen molar-refractivity contribution in [2.75, 3.05) is 45.4 Å². The van der Waals surface area contributed by atoms with E-state index in [0.717, 1.165) is 6.54 Å². The minimum atomic E-state index is -3.15. The van der Waals surface area contributed by atoms with Gasteiger partial charge in [-0.1, -0.05) is 6.92 Å². The van der Waals surface area contributed by atoms with Crippen LogP contribution in [0.3, 0.4) is 0 Å². The Morgan fingerprint density at radius 2 is 1.92 bits per heavy atom. The van der Waals surface area contributed by atoms with Crippen molar-refractivity contribution >= 4 is 15.7 Å². The first-order chi connectivity index (χ1) is 11.9. The Hall–Kier alpha value is -1.87. The number of piperazine rings is 1. The highest BCUT2D eigenvalue weighted by Crippen LogP contribution is 2.30. The van der Waals surface area contributed by atoms with Gasteiger partial charge in [0.1, 0.15) is 5.56 Å². The molecule has 25 heavy (non-hydrogen) atoms. The van der Waals surface area contributed by atoms with Crippen LogP contribution in [-0.2, 0) is 9.84 Å². The van der Waals surface area contributed by atoms with Crippen molar-refractivity contribution in [3.63, 3.8) is 0 Å². The minimum absolute atomic E-state index is 0.00576. The molecule has 138 valence electrons. The second-order valence-corrected chi connectivity index (χ2v) is 8.40. The standard InChI is InChI=1S/C16H23N3O5S/c1-4-18-7-8-19(13-10-25(21,22)9-12(13)18)16(20)11-5-6-14(23-2)17-15(11)24-3/h5-6,12-13H,4,7-10H2,1-3H3/t12-,13+/m1/s1. The van der Waals surface area contributed by atoms with E-state index in [-0.39, 0.29) is 35.4 Å². The monoisotopic (exact) mass is 369 g/mol. The zero-order chi connectivity index (χ0) is 18.2. The number of likely N-dealkylation sites (N-methyl/N-ethyl adjacent to an activating group) is 1. The van der Waals surface area contributed by atoms with Crippen molar-refractivity contribution in [1.29, 1.82) is 0 Å². The molecular weight excluding hydrogens is 346 g/mol. The van der Waals surface area contributed by atoms with E-state index in [1.165, 1.54) is 14.2 Å². The van der Waals surface area contributed by atoms with Gasteiger partial charge in [-0.25, -0.2) is 8.42 Å². The molecule has 2 atom stereocenters. The predicted molar refractivity (Wildman–Crippen MR) is 91.9 cm³/mol. The molecule has 2 saturated heterocycles. The highest BCUT2D eigenvalue weighted by atomic mass is 32.2. The van der Waals surface area contributed by atoms with Crippen LogP contribution in [0.2, 0.25) is 0 Å². The zero-order valence-corrected chi connectivity index (χ0v) is 15.5. The smallest absolute Gasteiger partial charge is 0.259 e. The van der Waals surface area contributed by atoms with E-state index in [0.29, 0.717) is 24.5 Å². The van der Waals surface area contributed by atoms with Crippen LogP contribution in [0.5, 0.6) is 11.8 Å². The summed E-state index contributed by atoms with van der Waals surface area (Å²) in [5.41, 5.74) is 0.316. The lowest BCUT2D eigenvalue weighted by atomic mass is 10.0. The normalized spacial score (nSPS) is 25.5. The number of hydrogen-bond acceptors (Lipinski definition) is 7. The van der Waals surface area contributed by atoms with Gasteiger partial charge in [0.15, 0.2) is 9.84 Å². The lowest BCUT2D eigenvalue weighted by Gasteiger charge is -2.43. The van der Waals surface area contributed by atoms with Crippen molar-refractivity contribution < 1.29 is 22.7 Å². The first kappa shape index (κ1) is 17.9. The lowest BCUT2D eigenvalue weighted by molar-refractivity contribution is 0.0346. The summed E-state index contributed by atoms with van der Waals surface area (Å²) >= 11 is 0. The van der Waals surface area contributed by atoms with E-state index in [9.17, 15) is 13.2 Å². The molecular formula is C16H23N3O5S. The minimum Gasteiger partial charge on any atom is -0.481 e. The fraction of sp³-hybridized carbons (Fsp3) is 0.625. The molecule has 2 fully saturated rings. The Morgan fingerprint density at radius 3 is 2.56 bits per heavy atom. The third-order valence-corrected chi connectivity index (χ3v) is 6.62. The molecule has 9 heteroatoms. The van der Waals surface area contributed by atoms with Crippen molar-refractivity contribution in [3.05, 3.63) is 17.7 Å². The third kappa shape index (κ3) is 3.30. The van der Waals surface area contributed by atoms with Gasteiger partial charge in [-0.15, -0.1) is 0 Å². The molecule has 0 radical (unpaired) electrons. The summed E-state index contributed by atoms with van der Waals surface area (Å²) in [7, 11) is -0.221. The molecule has 8 nitrogen and oxygen atoms in total. The summed E-state index contributed by atoms with van der Waals surface area (Å²) in [4.78, 5) is 21.0. The Balaban J connectivity index is 1.92. The number of hydrogen-bond donors (Lipinski definition) is 0. The van der Waals surface area contributed by atoms with E-state index >= 15 is 0 Å². The molecule has 0 spiro atoms. The number of amides is 1. The molecule has 1 aromatic rings. The molecule has 1 amide bonds. The highest BCUT2D eigenvalue weighted by molar-refractivity contribution is 7.91. The molecule has 2 aliphatic heterocycles. The second-order valence-electron chi connectivity index (χ2n) is 6.25. The molecule has 3 rings (SSSR count). The maximum Gasteiger partial charge on any atom is 0.259 e. The van der Waals surface area contributed by atoms with Crippen LogP contribution in [-0.4, -0.2) is 86.6 Å². The molecule has 0 bridgehead atoms. The first-order valence-corrected chi connectivity index (χ1v) is 10.1. The maximum absolute atomic E-state index is 13.1. The average molecular weight is 369 g/mol. The van der Waals surface area contributed by atoms with Gasteiger partial charge in [0.2, 0.25) is 11.8 Å². The van der Waals surface area contributed by atoms with Crippen LogP contribution in [0.4, 0.5) is 0 Å². The van der Waals surface area contributed by atoms with Crippen LogP contribution < -0.4 is 9.47 Å². The summed E-state index contributed by atoms with van der Waals surface area (Å²) in [6, 6.07) is 2.72. The van der Waals surface area contributed by atoms with Crippen molar-refractivity contribution in [2.45, 2.75) is 19.0 Å². The van der Waals surface area contributed by atoms with Gasteiger partial charge in [0.05, 0.1) is 31.8 Å². The van der Waals surface area contributed by atoms with E-state index < -0.39 is 9.84 Å². The summed E-state index contributed by atoms with van der Waals surface area (Å²) in [6.07, 6.45) is 0. The number of carbonyl (C=O) groups excluding carboxylic acids is 1. The average Bonchev–Trinajstić information content (AvgIpc) is 2.94. The zero-order valence-electron chi connectivity index (χ0n) is 14.6. The summed E-state index contributed by atoms with van der Waals surface area (Å²) in [5.74, 6) is 0.388. The number of methoxy groups -OCH3 is 2. The number of aromatic nitrogens is 1. The molecule has 0 aliphatic carbocycles. The molecule has 0 unspecified atom stereocenters. The molecule has 3 heterocycles. The fourth-order valence-corrected chi connectivity index (χ4v) is 5.69. The van der Waals surface area contributed by atoms with Crippen LogP contribution in [0, 0.1) is 0 Å². The topological polar surface area (TPSA) is 89.0 Å². The van der Waals surface area contributed by atoms with Crippen molar-refractivity contribution in [1.82, 2.24) is 14.8 Å². The third-order valence-electron chi connectivity index (χ3n) is 4.93. The number of fused-ring (bicyclic) bond motifs is 1. The Morgan fingerprint density at radius 1 is 1.20 bits per heavy atom. The van der Waals surface area contributed by atoms with Gasteiger partial charge < -0.3 is 14.4 Å². The Bertz CT molecular complexity index is 767. The number of carbonyl (C=O) groups is 1. The van der Waals surface area contributed by atoms with Gasteiger partial charge in [-0.2, -0.15) is 4.98 Å². The van der Waals surface area contributed by atoms with Crippen molar-refractivity contribution in [3.8, 4) is 11.8 Å². The SMILES string of the molecule is CCN1CCN(C(=O)c2ccc(OC)nc2OC)[C@H]2CS(=O)(=O)C[C@H]21. The molecule has 2 aliphatic rings.